The quantitative estimate of drug-likeness (QED) is 0.277. The van der Waals surface area contributed by atoms with Gasteiger partial charge in [-0.15, -0.1) is 0 Å². The second-order valence-corrected chi connectivity index (χ2v) is 8.96. The SMILES string of the molecule is Cc1cccc(N2C(=O)[C@@H]3[C@H](ON(c4cccc([N+](=O)[O-])c4)[C@@H]3c3ccc(Cl)cc3Cl)C2=O)c1. The maximum atomic E-state index is 13.6. The van der Waals surface area contributed by atoms with Gasteiger partial charge in [-0.2, -0.15) is 0 Å². The van der Waals surface area contributed by atoms with Crippen LogP contribution in [0.15, 0.2) is 66.7 Å². The van der Waals surface area contributed by atoms with E-state index >= 15 is 0 Å². The van der Waals surface area contributed by atoms with E-state index in [2.05, 4.69) is 0 Å². The van der Waals surface area contributed by atoms with Crippen LogP contribution in [0.5, 0.6) is 0 Å². The number of rotatable bonds is 4. The second kappa shape index (κ2) is 8.39. The molecule has 2 saturated heterocycles. The lowest BCUT2D eigenvalue weighted by atomic mass is 9.90. The second-order valence-electron chi connectivity index (χ2n) is 8.12. The topological polar surface area (TPSA) is 93.0 Å². The molecule has 8 nitrogen and oxygen atoms in total. The van der Waals surface area contributed by atoms with E-state index in [0.717, 1.165) is 10.5 Å². The highest BCUT2D eigenvalue weighted by atomic mass is 35.5. The Bertz CT molecular complexity index is 1350. The predicted octanol–water partition coefficient (Wildman–Crippen LogP) is 5.26. The molecular formula is C24H17Cl2N3O5. The van der Waals surface area contributed by atoms with Crippen LogP contribution >= 0.6 is 23.2 Å². The first-order valence-electron chi connectivity index (χ1n) is 10.4. The van der Waals surface area contributed by atoms with Crippen LogP contribution in [0.4, 0.5) is 17.1 Å². The number of nitro benzene ring substituents is 1. The van der Waals surface area contributed by atoms with Gasteiger partial charge >= 0.3 is 0 Å². The number of non-ortho nitro benzene ring substituents is 1. The molecule has 0 aliphatic carbocycles. The summed E-state index contributed by atoms with van der Waals surface area (Å²) in [5.41, 5.74) is 2.03. The number of carbonyl (C=O) groups excluding carboxylic acids is 2. The highest BCUT2D eigenvalue weighted by Crippen LogP contribution is 2.49. The molecular weight excluding hydrogens is 481 g/mol. The zero-order valence-electron chi connectivity index (χ0n) is 17.7. The molecule has 0 bridgehead atoms. The highest BCUT2D eigenvalue weighted by Gasteiger charge is 2.60. The summed E-state index contributed by atoms with van der Waals surface area (Å²) in [5.74, 6) is -1.88. The van der Waals surface area contributed by atoms with Crippen LogP contribution in [-0.2, 0) is 14.4 Å². The van der Waals surface area contributed by atoms with Crippen molar-refractivity contribution in [3.63, 3.8) is 0 Å². The third-order valence-corrected chi connectivity index (χ3v) is 6.51. The Morgan fingerprint density at radius 3 is 2.38 bits per heavy atom. The summed E-state index contributed by atoms with van der Waals surface area (Å²) in [6.45, 7) is 1.87. The number of imide groups is 1. The molecule has 3 aromatic rings. The molecule has 34 heavy (non-hydrogen) atoms. The van der Waals surface area contributed by atoms with Gasteiger partial charge < -0.3 is 0 Å². The van der Waals surface area contributed by atoms with Gasteiger partial charge in [0.2, 0.25) is 5.91 Å². The molecule has 2 aliphatic heterocycles. The van der Waals surface area contributed by atoms with Gasteiger partial charge in [0.05, 0.1) is 22.3 Å². The molecule has 2 fully saturated rings. The molecule has 172 valence electrons. The number of halogens is 2. The number of hydroxylamine groups is 1. The predicted molar refractivity (Wildman–Crippen MR) is 127 cm³/mol. The Hall–Kier alpha value is -3.46. The van der Waals surface area contributed by atoms with Gasteiger partial charge in [-0.25, -0.2) is 9.96 Å². The van der Waals surface area contributed by atoms with Crippen molar-refractivity contribution in [2.24, 2.45) is 5.92 Å². The molecule has 0 aromatic heterocycles. The largest absolute Gasteiger partial charge is 0.273 e. The molecule has 0 saturated carbocycles. The van der Waals surface area contributed by atoms with Gasteiger partial charge in [0.15, 0.2) is 6.10 Å². The van der Waals surface area contributed by atoms with Crippen molar-refractivity contribution >= 4 is 52.1 Å². The molecule has 2 heterocycles. The van der Waals surface area contributed by atoms with Crippen LogP contribution in [0.3, 0.4) is 0 Å². The van der Waals surface area contributed by atoms with E-state index in [-0.39, 0.29) is 10.7 Å². The fraction of sp³-hybridized carbons (Fsp3) is 0.167. The Kier molecular flexibility index (Phi) is 5.51. The van der Waals surface area contributed by atoms with Gasteiger partial charge in [0.1, 0.15) is 5.92 Å². The number of aryl methyl sites for hydroxylation is 1. The first-order valence-corrected chi connectivity index (χ1v) is 11.1. The molecule has 3 atom stereocenters. The van der Waals surface area contributed by atoms with Crippen LogP contribution in [-0.4, -0.2) is 22.8 Å². The number of amides is 2. The standard InChI is InChI=1S/C24H17Cl2N3O5/c1-13-4-2-5-15(10-13)27-23(30)20-21(18-9-8-14(25)11-19(18)26)28(34-22(20)24(27)31)16-6-3-7-17(12-16)29(32)33/h2-12,20-22H,1H3/t20-,21+,22-/m0/s1. The summed E-state index contributed by atoms with van der Waals surface area (Å²) in [7, 11) is 0. The molecule has 0 radical (unpaired) electrons. The van der Waals surface area contributed by atoms with Gasteiger partial charge in [-0.1, -0.05) is 47.5 Å². The lowest BCUT2D eigenvalue weighted by molar-refractivity contribution is -0.384. The van der Waals surface area contributed by atoms with Crippen molar-refractivity contribution in [2.75, 3.05) is 9.96 Å². The van der Waals surface area contributed by atoms with Crippen LogP contribution in [0.25, 0.3) is 0 Å². The minimum atomic E-state index is -1.12. The average Bonchev–Trinajstić information content (AvgIpc) is 3.30. The van der Waals surface area contributed by atoms with Gasteiger partial charge in [0.25, 0.3) is 11.6 Å². The maximum absolute atomic E-state index is 13.6. The van der Waals surface area contributed by atoms with Crippen LogP contribution < -0.4 is 9.96 Å². The summed E-state index contributed by atoms with van der Waals surface area (Å²) < 4.78 is 0. The van der Waals surface area contributed by atoms with Crippen molar-refractivity contribution < 1.29 is 19.3 Å². The lowest BCUT2D eigenvalue weighted by Gasteiger charge is -2.29. The summed E-state index contributed by atoms with van der Waals surface area (Å²) >= 11 is 12.6. The first kappa shape index (κ1) is 22.3. The maximum Gasteiger partial charge on any atom is 0.271 e. The molecule has 0 spiro atoms. The fourth-order valence-electron chi connectivity index (χ4n) is 4.46. The number of nitro groups is 1. The zero-order valence-corrected chi connectivity index (χ0v) is 19.2. The summed E-state index contributed by atoms with van der Waals surface area (Å²) in [4.78, 5) is 45.0. The third kappa shape index (κ3) is 3.60. The number of benzene rings is 3. The summed E-state index contributed by atoms with van der Waals surface area (Å²) in [5, 5.41) is 13.4. The summed E-state index contributed by atoms with van der Waals surface area (Å²) in [6.07, 6.45) is -1.12. The van der Waals surface area contributed by atoms with E-state index in [9.17, 15) is 19.7 Å². The third-order valence-electron chi connectivity index (χ3n) is 5.95. The fourth-order valence-corrected chi connectivity index (χ4v) is 4.98. The van der Waals surface area contributed by atoms with Crippen molar-refractivity contribution in [1.82, 2.24) is 0 Å². The van der Waals surface area contributed by atoms with Crippen LogP contribution in [0.1, 0.15) is 17.2 Å². The normalized spacial score (nSPS) is 21.8. The first-order chi connectivity index (χ1) is 16.3. The van der Waals surface area contributed by atoms with Crippen molar-refractivity contribution in [3.8, 4) is 0 Å². The van der Waals surface area contributed by atoms with Crippen molar-refractivity contribution in [1.29, 1.82) is 0 Å². The van der Waals surface area contributed by atoms with Crippen molar-refractivity contribution in [2.45, 2.75) is 19.1 Å². The molecule has 0 N–H and O–H groups in total. The summed E-state index contributed by atoms with van der Waals surface area (Å²) in [6, 6.07) is 16.9. The highest BCUT2D eigenvalue weighted by molar-refractivity contribution is 6.35. The number of hydrogen-bond acceptors (Lipinski definition) is 6. The number of nitrogens with zero attached hydrogens (tertiary/aromatic N) is 3. The number of hydrogen-bond donors (Lipinski definition) is 0. The van der Waals surface area contributed by atoms with Gasteiger partial charge in [0, 0.05) is 22.2 Å². The molecule has 5 rings (SSSR count). The smallest absolute Gasteiger partial charge is 0.271 e. The van der Waals surface area contributed by atoms with E-state index < -0.39 is 34.8 Å². The van der Waals surface area contributed by atoms with Gasteiger partial charge in [-0.05, 0) is 48.4 Å². The van der Waals surface area contributed by atoms with E-state index in [1.54, 1.807) is 36.4 Å². The van der Waals surface area contributed by atoms with Crippen LogP contribution in [0, 0.1) is 23.0 Å². The van der Waals surface area contributed by atoms with Crippen LogP contribution in [0.2, 0.25) is 10.0 Å². The van der Waals surface area contributed by atoms with Gasteiger partial charge in [-0.3, -0.25) is 24.5 Å². The monoisotopic (exact) mass is 497 g/mol. The number of anilines is 2. The average molecular weight is 498 g/mol. The number of fused-ring (bicyclic) bond motifs is 1. The number of carbonyl (C=O) groups is 2. The Morgan fingerprint density at radius 2 is 1.68 bits per heavy atom. The van der Waals surface area contributed by atoms with E-state index in [4.69, 9.17) is 28.0 Å². The van der Waals surface area contributed by atoms with E-state index in [0.29, 0.717) is 22.0 Å². The van der Waals surface area contributed by atoms with E-state index in [1.165, 1.54) is 29.3 Å². The molecule has 0 unspecified atom stereocenters. The Morgan fingerprint density at radius 1 is 0.941 bits per heavy atom. The zero-order chi connectivity index (χ0) is 24.1. The Balaban J connectivity index is 1.63. The molecule has 2 aliphatic rings. The molecule has 2 amide bonds. The Labute approximate surface area is 204 Å². The molecule has 10 heteroatoms. The lowest BCUT2D eigenvalue weighted by Crippen LogP contribution is -2.37. The minimum Gasteiger partial charge on any atom is -0.273 e. The molecule has 3 aromatic carbocycles. The van der Waals surface area contributed by atoms with Crippen molar-refractivity contribution in [3.05, 3.63) is 98.0 Å². The van der Waals surface area contributed by atoms with E-state index in [1.807, 2.05) is 13.0 Å². The minimum absolute atomic E-state index is 0.154.